The zero-order valence-corrected chi connectivity index (χ0v) is 10.2. The van der Waals surface area contributed by atoms with E-state index in [-0.39, 0.29) is 30.6 Å². The maximum atomic E-state index is 11.6. The molecule has 2 amide bonds. The minimum absolute atomic E-state index is 0.112. The first-order valence-corrected chi connectivity index (χ1v) is 7.18. The third-order valence-electron chi connectivity index (χ3n) is 2.89. The molecule has 0 radical (unpaired) electrons. The lowest BCUT2D eigenvalue weighted by molar-refractivity contribution is -0.126. The number of carbonyl (C=O) groups is 2. The van der Waals surface area contributed by atoms with Gasteiger partial charge in [0.25, 0.3) is 0 Å². The topological polar surface area (TPSA) is 92.8 Å². The lowest BCUT2D eigenvalue weighted by Gasteiger charge is -2.35. The van der Waals surface area contributed by atoms with E-state index in [1.165, 1.54) is 4.90 Å². The Morgan fingerprint density at radius 3 is 2.88 bits per heavy atom. The van der Waals surface area contributed by atoms with Gasteiger partial charge in [-0.1, -0.05) is 0 Å². The molecule has 96 valence electrons. The molecule has 0 aromatic rings. The van der Waals surface area contributed by atoms with Gasteiger partial charge in [-0.25, -0.2) is 13.2 Å². The number of amides is 2. The van der Waals surface area contributed by atoms with Crippen LogP contribution >= 0.6 is 0 Å². The highest BCUT2D eigenvalue weighted by atomic mass is 32.2. The molecule has 7 nitrogen and oxygen atoms in total. The Hall–Kier alpha value is -1.31. The van der Waals surface area contributed by atoms with Crippen molar-refractivity contribution in [3.8, 4) is 0 Å². The van der Waals surface area contributed by atoms with Gasteiger partial charge in [0.2, 0.25) is 5.91 Å². The Bertz CT molecular complexity index is 446. The summed E-state index contributed by atoms with van der Waals surface area (Å²) in [4.78, 5) is 24.2. The van der Waals surface area contributed by atoms with Gasteiger partial charge in [-0.2, -0.15) is 0 Å². The molecule has 0 aromatic heterocycles. The van der Waals surface area contributed by atoms with E-state index in [4.69, 9.17) is 4.74 Å². The number of fused-ring (bicyclic) bond motifs is 1. The normalized spacial score (nSPS) is 30.6. The average Bonchev–Trinajstić information content (AvgIpc) is 2.51. The minimum atomic E-state index is -3.20. The van der Waals surface area contributed by atoms with Gasteiger partial charge in [0.05, 0.1) is 30.2 Å². The van der Waals surface area contributed by atoms with E-state index in [2.05, 4.69) is 5.32 Å². The first-order chi connectivity index (χ1) is 7.93. The second-order valence-electron chi connectivity index (χ2n) is 4.15. The van der Waals surface area contributed by atoms with Crippen molar-refractivity contribution >= 4 is 21.8 Å². The fourth-order valence-electron chi connectivity index (χ4n) is 2.20. The highest BCUT2D eigenvalue weighted by Gasteiger charge is 2.47. The third-order valence-corrected chi connectivity index (χ3v) is 4.60. The maximum absolute atomic E-state index is 11.6. The molecule has 2 fully saturated rings. The number of ether oxygens (including phenoxy) is 1. The molecular formula is C9H14N2O5S. The zero-order valence-electron chi connectivity index (χ0n) is 9.38. The summed E-state index contributed by atoms with van der Waals surface area (Å²) in [6.45, 7) is 1.71. The van der Waals surface area contributed by atoms with Crippen molar-refractivity contribution in [2.75, 3.05) is 24.7 Å². The Morgan fingerprint density at radius 1 is 1.53 bits per heavy atom. The van der Waals surface area contributed by atoms with Gasteiger partial charge in [0.1, 0.15) is 6.54 Å². The summed E-state index contributed by atoms with van der Waals surface area (Å²) in [6, 6.07) is -1.01. The first kappa shape index (κ1) is 12.2. The van der Waals surface area contributed by atoms with Crippen LogP contribution in [0.2, 0.25) is 0 Å². The Kier molecular flexibility index (Phi) is 2.98. The lowest BCUT2D eigenvalue weighted by Crippen LogP contribution is -2.61. The Balaban J connectivity index is 2.21. The largest absolute Gasteiger partial charge is 0.450 e. The van der Waals surface area contributed by atoms with Crippen molar-refractivity contribution in [2.24, 2.45) is 0 Å². The summed E-state index contributed by atoms with van der Waals surface area (Å²) < 4.78 is 27.8. The number of hydrogen-bond donors (Lipinski definition) is 1. The highest BCUT2D eigenvalue weighted by molar-refractivity contribution is 7.91. The first-order valence-electron chi connectivity index (χ1n) is 5.36. The highest BCUT2D eigenvalue weighted by Crippen LogP contribution is 2.22. The Labute approximate surface area is 99.0 Å². The second-order valence-corrected chi connectivity index (χ2v) is 6.30. The molecule has 17 heavy (non-hydrogen) atoms. The van der Waals surface area contributed by atoms with Crippen LogP contribution in [0.3, 0.4) is 0 Å². The van der Waals surface area contributed by atoms with Crippen LogP contribution in [0.15, 0.2) is 0 Å². The number of nitrogens with zero attached hydrogens (tertiary/aromatic N) is 1. The smallest absolute Gasteiger partial charge is 0.410 e. The number of sulfone groups is 1. The molecule has 0 aliphatic carbocycles. The van der Waals surface area contributed by atoms with Gasteiger partial charge in [0, 0.05) is 0 Å². The lowest BCUT2D eigenvalue weighted by atomic mass is 10.1. The van der Waals surface area contributed by atoms with Gasteiger partial charge >= 0.3 is 6.09 Å². The maximum Gasteiger partial charge on any atom is 0.410 e. The number of hydrogen-bond acceptors (Lipinski definition) is 5. The summed E-state index contributed by atoms with van der Waals surface area (Å²) in [5.74, 6) is -0.577. The summed E-state index contributed by atoms with van der Waals surface area (Å²) in [7, 11) is -3.20. The van der Waals surface area contributed by atoms with E-state index < -0.39 is 28.0 Å². The molecule has 0 saturated carbocycles. The van der Waals surface area contributed by atoms with Crippen molar-refractivity contribution in [2.45, 2.75) is 19.0 Å². The number of nitrogens with one attached hydrogen (secondary N) is 1. The molecule has 2 aliphatic rings. The van der Waals surface area contributed by atoms with Gasteiger partial charge in [-0.05, 0) is 6.92 Å². The SMILES string of the molecule is CCOC(=O)N1CC(=O)N[C@H]2CS(=O)(=O)C[C@H]21. The molecule has 0 bridgehead atoms. The van der Waals surface area contributed by atoms with E-state index in [9.17, 15) is 18.0 Å². The number of carbonyl (C=O) groups excluding carboxylic acids is 2. The molecule has 0 aromatic carbocycles. The molecule has 2 heterocycles. The van der Waals surface area contributed by atoms with E-state index >= 15 is 0 Å². The van der Waals surface area contributed by atoms with Crippen LogP contribution in [-0.4, -0.2) is 62.1 Å². The van der Waals surface area contributed by atoms with Gasteiger partial charge < -0.3 is 10.1 Å². The standard InChI is InChI=1S/C9H14N2O5S/c1-2-16-9(13)11-3-8(12)10-6-4-17(14,15)5-7(6)11/h6-7H,2-5H2,1H3,(H,10,12)/t6-,7+/m0/s1. The van der Waals surface area contributed by atoms with Gasteiger partial charge in [-0.15, -0.1) is 0 Å². The van der Waals surface area contributed by atoms with E-state index in [0.29, 0.717) is 0 Å². The fraction of sp³-hybridized carbons (Fsp3) is 0.778. The van der Waals surface area contributed by atoms with Crippen molar-refractivity contribution in [1.29, 1.82) is 0 Å². The second kappa shape index (κ2) is 4.17. The molecule has 8 heteroatoms. The van der Waals surface area contributed by atoms with Gasteiger partial charge in [-0.3, -0.25) is 9.69 Å². The molecule has 0 unspecified atom stereocenters. The van der Waals surface area contributed by atoms with Crippen molar-refractivity contribution < 1.29 is 22.7 Å². The van der Waals surface area contributed by atoms with Crippen molar-refractivity contribution in [1.82, 2.24) is 10.2 Å². The minimum Gasteiger partial charge on any atom is -0.450 e. The van der Waals surface area contributed by atoms with E-state index in [1.54, 1.807) is 6.92 Å². The summed E-state index contributed by atoms with van der Waals surface area (Å²) >= 11 is 0. The van der Waals surface area contributed by atoms with Gasteiger partial charge in [0.15, 0.2) is 9.84 Å². The van der Waals surface area contributed by atoms with Crippen LogP contribution in [-0.2, 0) is 19.4 Å². The zero-order chi connectivity index (χ0) is 12.6. The molecule has 2 saturated heterocycles. The average molecular weight is 262 g/mol. The molecule has 2 atom stereocenters. The van der Waals surface area contributed by atoms with Crippen molar-refractivity contribution in [3.63, 3.8) is 0 Å². The van der Waals surface area contributed by atoms with E-state index in [1.807, 2.05) is 0 Å². The summed E-state index contributed by atoms with van der Waals surface area (Å²) in [5, 5.41) is 2.59. The fourth-order valence-corrected chi connectivity index (χ4v) is 4.13. The molecule has 0 spiro atoms. The Morgan fingerprint density at radius 2 is 2.24 bits per heavy atom. The van der Waals surface area contributed by atoms with Crippen LogP contribution in [0, 0.1) is 0 Å². The third kappa shape index (κ3) is 2.36. The van der Waals surface area contributed by atoms with Crippen LogP contribution < -0.4 is 5.32 Å². The predicted octanol–water partition coefficient (Wildman–Crippen LogP) is -1.26. The number of rotatable bonds is 1. The quantitative estimate of drug-likeness (QED) is 0.636. The van der Waals surface area contributed by atoms with Crippen LogP contribution in [0.4, 0.5) is 4.79 Å². The van der Waals surface area contributed by atoms with Crippen LogP contribution in [0.5, 0.6) is 0 Å². The van der Waals surface area contributed by atoms with E-state index in [0.717, 1.165) is 0 Å². The number of piperazine rings is 1. The predicted molar refractivity (Wildman–Crippen MR) is 58.1 cm³/mol. The molecule has 1 N–H and O–H groups in total. The summed E-state index contributed by atoms with van der Waals surface area (Å²) in [6.07, 6.45) is -0.630. The van der Waals surface area contributed by atoms with Crippen LogP contribution in [0.1, 0.15) is 6.92 Å². The molecular weight excluding hydrogens is 248 g/mol. The summed E-state index contributed by atoms with van der Waals surface area (Å²) in [5.41, 5.74) is 0. The molecule has 2 rings (SSSR count). The molecule has 2 aliphatic heterocycles. The van der Waals surface area contributed by atoms with Crippen molar-refractivity contribution in [3.05, 3.63) is 0 Å². The van der Waals surface area contributed by atoms with Crippen LogP contribution in [0.25, 0.3) is 0 Å². The monoisotopic (exact) mass is 262 g/mol.